The number of hydrogen-bond donors (Lipinski definition) is 0. The molecular weight excluding hydrogens is 356 g/mol. The van der Waals surface area contributed by atoms with Crippen LogP contribution in [0.15, 0.2) is 39.6 Å². The van der Waals surface area contributed by atoms with E-state index in [1.165, 1.54) is 18.2 Å². The number of rotatable bonds is 6. The quantitative estimate of drug-likeness (QED) is 0.764. The molecule has 9 heteroatoms. The van der Waals surface area contributed by atoms with Gasteiger partial charge < -0.3 is 4.90 Å². The highest BCUT2D eigenvalue weighted by atomic mass is 32.2. The summed E-state index contributed by atoms with van der Waals surface area (Å²) < 4.78 is 47.4. The lowest BCUT2D eigenvalue weighted by Gasteiger charge is -2.22. The van der Waals surface area contributed by atoms with Gasteiger partial charge in [-0.15, -0.1) is 11.3 Å². The maximum atomic E-state index is 12.0. The molecule has 6 nitrogen and oxygen atoms in total. The third kappa shape index (κ3) is 4.52. The topological polar surface area (TPSA) is 84.4 Å². The number of benzene rings is 1. The molecule has 0 atom stereocenters. The highest BCUT2D eigenvalue weighted by Gasteiger charge is 2.20. The van der Waals surface area contributed by atoms with Crippen molar-refractivity contribution >= 4 is 36.7 Å². The first-order valence-electron chi connectivity index (χ1n) is 6.73. The van der Waals surface area contributed by atoms with Crippen LogP contribution in [-0.4, -0.2) is 47.9 Å². The molecule has 0 spiro atoms. The van der Waals surface area contributed by atoms with E-state index in [4.69, 9.17) is 0 Å². The molecule has 0 bridgehead atoms. The van der Waals surface area contributed by atoms with Crippen LogP contribution in [0.25, 0.3) is 0 Å². The molecule has 0 saturated carbocycles. The summed E-state index contributed by atoms with van der Waals surface area (Å²) in [6, 6.07) is 4.19. The molecule has 0 radical (unpaired) electrons. The first-order chi connectivity index (χ1) is 10.6. The van der Waals surface area contributed by atoms with E-state index >= 15 is 0 Å². The van der Waals surface area contributed by atoms with Crippen molar-refractivity contribution in [3.63, 3.8) is 0 Å². The lowest BCUT2D eigenvalue weighted by atomic mass is 10.3. The van der Waals surface area contributed by atoms with E-state index in [1.807, 2.05) is 5.38 Å². The van der Waals surface area contributed by atoms with Gasteiger partial charge in [0.1, 0.15) is 0 Å². The first kappa shape index (κ1) is 17.9. The van der Waals surface area contributed by atoms with Crippen molar-refractivity contribution < 1.29 is 16.8 Å². The van der Waals surface area contributed by atoms with Crippen LogP contribution in [0.5, 0.6) is 0 Å². The molecule has 1 aromatic carbocycles. The molecule has 2 aromatic rings. The summed E-state index contributed by atoms with van der Waals surface area (Å²) in [5, 5.41) is 2.85. The highest BCUT2D eigenvalue weighted by molar-refractivity contribution is 7.91. The van der Waals surface area contributed by atoms with Crippen molar-refractivity contribution in [3.05, 3.63) is 34.8 Å². The Kier molecular flexibility index (Phi) is 5.12. The molecule has 126 valence electrons. The maximum absolute atomic E-state index is 12.0. The summed E-state index contributed by atoms with van der Waals surface area (Å²) in [5.74, 6) is 0. The summed E-state index contributed by atoms with van der Waals surface area (Å²) in [6.07, 6.45) is 4.54. The fourth-order valence-corrected chi connectivity index (χ4v) is 4.37. The van der Waals surface area contributed by atoms with E-state index in [2.05, 4.69) is 4.98 Å². The van der Waals surface area contributed by atoms with Gasteiger partial charge in [-0.25, -0.2) is 21.8 Å². The molecule has 0 fully saturated rings. The lowest BCUT2D eigenvalue weighted by molar-refractivity contribution is 0.600. The second kappa shape index (κ2) is 6.58. The summed E-state index contributed by atoms with van der Waals surface area (Å²) in [7, 11) is -5.24. The molecule has 0 amide bonds. The van der Waals surface area contributed by atoms with Crippen LogP contribution in [0.2, 0.25) is 0 Å². The Morgan fingerprint density at radius 3 is 2.35 bits per heavy atom. The smallest absolute Gasteiger partial charge is 0.177 e. The van der Waals surface area contributed by atoms with Crippen molar-refractivity contribution in [3.8, 4) is 0 Å². The second-order valence-corrected chi connectivity index (χ2v) is 10.3. The maximum Gasteiger partial charge on any atom is 0.177 e. The number of aromatic nitrogens is 1. The van der Waals surface area contributed by atoms with Crippen molar-refractivity contribution in [2.75, 3.05) is 31.0 Å². The van der Waals surface area contributed by atoms with Crippen LogP contribution in [0.1, 0.15) is 5.01 Å². The molecule has 0 aliphatic rings. The van der Waals surface area contributed by atoms with Gasteiger partial charge in [0.15, 0.2) is 19.7 Å². The summed E-state index contributed by atoms with van der Waals surface area (Å²) in [4.78, 5) is 6.00. The summed E-state index contributed by atoms with van der Waals surface area (Å²) in [5.41, 5.74) is 0.483. The first-order valence-corrected chi connectivity index (χ1v) is 11.4. The molecule has 23 heavy (non-hydrogen) atoms. The van der Waals surface area contributed by atoms with E-state index in [0.29, 0.717) is 18.7 Å². The van der Waals surface area contributed by atoms with Crippen molar-refractivity contribution in [1.82, 2.24) is 4.98 Å². The Labute approximate surface area is 140 Å². The zero-order chi connectivity index (χ0) is 17.3. The molecule has 0 unspecified atom stereocenters. The van der Waals surface area contributed by atoms with Gasteiger partial charge in [0.05, 0.1) is 20.5 Å². The minimum Gasteiger partial charge on any atom is -0.373 e. The van der Waals surface area contributed by atoms with Gasteiger partial charge in [0.25, 0.3) is 0 Å². The fourth-order valence-electron chi connectivity index (χ4n) is 2.10. The monoisotopic (exact) mass is 374 g/mol. The van der Waals surface area contributed by atoms with Gasteiger partial charge in [-0.3, -0.25) is 0 Å². The predicted octanol–water partition coefficient (Wildman–Crippen LogP) is 1.63. The molecule has 2 rings (SSSR count). The van der Waals surface area contributed by atoms with E-state index in [9.17, 15) is 16.8 Å². The minimum atomic E-state index is -3.55. The van der Waals surface area contributed by atoms with Crippen molar-refractivity contribution in [2.45, 2.75) is 16.2 Å². The van der Waals surface area contributed by atoms with Crippen LogP contribution in [0.3, 0.4) is 0 Å². The minimum absolute atomic E-state index is 0.00463. The van der Waals surface area contributed by atoms with Gasteiger partial charge in [-0.1, -0.05) is 0 Å². The SMILES string of the molecule is CN(CCc1nccs1)c1ccc(S(C)(=O)=O)cc1S(C)(=O)=O. The average molecular weight is 375 g/mol. The van der Waals surface area contributed by atoms with Crippen molar-refractivity contribution in [1.29, 1.82) is 0 Å². The zero-order valence-corrected chi connectivity index (χ0v) is 15.5. The Bertz CT molecular complexity index is 888. The number of sulfone groups is 2. The largest absolute Gasteiger partial charge is 0.373 e. The van der Waals surface area contributed by atoms with Gasteiger partial charge in [-0.05, 0) is 18.2 Å². The number of nitrogens with zero attached hydrogens (tertiary/aromatic N) is 2. The molecule has 1 heterocycles. The average Bonchev–Trinajstić information content (AvgIpc) is 2.95. The number of likely N-dealkylation sites (N-methyl/N-ethyl adjacent to an activating group) is 1. The van der Waals surface area contributed by atoms with Crippen molar-refractivity contribution in [2.24, 2.45) is 0 Å². The third-order valence-electron chi connectivity index (χ3n) is 3.31. The highest BCUT2D eigenvalue weighted by Crippen LogP contribution is 2.27. The summed E-state index contributed by atoms with van der Waals surface area (Å²) >= 11 is 1.54. The van der Waals surface area contributed by atoms with Crippen LogP contribution in [0, 0.1) is 0 Å². The fraction of sp³-hybridized carbons (Fsp3) is 0.357. The third-order valence-corrected chi connectivity index (χ3v) is 6.39. The van der Waals surface area contributed by atoms with Gasteiger partial charge in [0.2, 0.25) is 0 Å². The molecule has 0 saturated heterocycles. The molecule has 0 N–H and O–H groups in total. The molecular formula is C14H18N2O4S3. The molecule has 1 aromatic heterocycles. The molecule has 0 aliphatic heterocycles. The zero-order valence-electron chi connectivity index (χ0n) is 13.1. The molecule has 0 aliphatic carbocycles. The standard InChI is InChI=1S/C14H18N2O4S3/c1-16(8-6-14-15-7-9-21-14)12-5-4-11(22(2,17)18)10-13(12)23(3,19)20/h4-5,7,9-10H,6,8H2,1-3H3. The Morgan fingerprint density at radius 2 is 1.83 bits per heavy atom. The van der Waals surface area contributed by atoms with Gasteiger partial charge in [-0.2, -0.15) is 0 Å². The van der Waals surface area contributed by atoms with Crippen LogP contribution in [0.4, 0.5) is 5.69 Å². The van der Waals surface area contributed by atoms with Crippen LogP contribution >= 0.6 is 11.3 Å². The van der Waals surface area contributed by atoms with E-state index in [1.54, 1.807) is 29.5 Å². The van der Waals surface area contributed by atoms with E-state index in [-0.39, 0.29) is 9.79 Å². The Morgan fingerprint density at radius 1 is 1.13 bits per heavy atom. The van der Waals surface area contributed by atoms with E-state index < -0.39 is 19.7 Å². The number of hydrogen-bond acceptors (Lipinski definition) is 7. The lowest BCUT2D eigenvalue weighted by Crippen LogP contribution is -2.22. The van der Waals surface area contributed by atoms with E-state index in [0.717, 1.165) is 17.5 Å². The Hall–Kier alpha value is -1.45. The van der Waals surface area contributed by atoms with Gasteiger partial charge >= 0.3 is 0 Å². The van der Waals surface area contributed by atoms with Gasteiger partial charge in [0, 0.05) is 44.1 Å². The summed E-state index contributed by atoms with van der Waals surface area (Å²) in [6.45, 7) is 0.578. The number of thiazole rings is 1. The second-order valence-electron chi connectivity index (χ2n) is 5.27. The van der Waals surface area contributed by atoms with Crippen LogP contribution in [-0.2, 0) is 26.1 Å². The predicted molar refractivity (Wildman–Crippen MR) is 91.7 cm³/mol. The van der Waals surface area contributed by atoms with Crippen LogP contribution < -0.4 is 4.90 Å². The number of anilines is 1. The Balaban J connectivity index is 2.37. The normalized spacial score (nSPS) is 12.3.